The van der Waals surface area contributed by atoms with Gasteiger partial charge in [0.15, 0.2) is 5.65 Å². The van der Waals surface area contributed by atoms with Gasteiger partial charge in [-0.15, -0.1) is 0 Å². The van der Waals surface area contributed by atoms with Crippen LogP contribution in [0.5, 0.6) is 0 Å². The van der Waals surface area contributed by atoms with Crippen LogP contribution in [0.4, 0.5) is 5.82 Å². The molecule has 108 valence electrons. The number of hydrogen-bond donors (Lipinski definition) is 3. The second-order valence-electron chi connectivity index (χ2n) is 5.04. The number of aromatic nitrogens is 3. The smallest absolute Gasteiger partial charge is 0.204 e. The van der Waals surface area contributed by atoms with E-state index in [0.29, 0.717) is 6.04 Å². The van der Waals surface area contributed by atoms with E-state index in [1.807, 2.05) is 12.4 Å². The van der Waals surface area contributed by atoms with Crippen molar-refractivity contribution >= 4 is 23.4 Å². The topological polar surface area (TPSA) is 96.7 Å². The van der Waals surface area contributed by atoms with Crippen LogP contribution in [0.25, 0.3) is 11.2 Å². The van der Waals surface area contributed by atoms with Gasteiger partial charge in [0.1, 0.15) is 11.3 Å². The number of rotatable bonds is 2. The first-order valence-corrected chi connectivity index (χ1v) is 6.97. The van der Waals surface area contributed by atoms with Gasteiger partial charge in [0.2, 0.25) is 6.41 Å². The fourth-order valence-electron chi connectivity index (χ4n) is 2.54. The molecule has 6 nitrogen and oxygen atoms in total. The molecule has 1 aliphatic rings. The van der Waals surface area contributed by atoms with Gasteiger partial charge in [-0.1, -0.05) is 19.3 Å². The van der Waals surface area contributed by atoms with Gasteiger partial charge in [-0.25, -0.2) is 9.97 Å². The molecule has 1 aliphatic carbocycles. The van der Waals surface area contributed by atoms with Crippen LogP contribution in [0.3, 0.4) is 0 Å². The lowest BCUT2D eigenvalue weighted by molar-refractivity contribution is -0.106. The number of aryl methyl sites for hydroxylation is 1. The van der Waals surface area contributed by atoms with Crippen LogP contribution in [-0.2, 0) is 4.79 Å². The number of carbonyl (C=O) groups is 1. The molecule has 0 aromatic carbocycles. The van der Waals surface area contributed by atoms with Crippen molar-refractivity contribution in [2.45, 2.75) is 45.1 Å². The summed E-state index contributed by atoms with van der Waals surface area (Å²) in [5.41, 5.74) is 7.17. The number of fused-ring (bicyclic) bond motifs is 1. The molecule has 1 saturated carbocycles. The summed E-state index contributed by atoms with van der Waals surface area (Å²) in [7, 11) is 0. The Labute approximate surface area is 118 Å². The number of hydrogen-bond acceptors (Lipinski definition) is 4. The van der Waals surface area contributed by atoms with Crippen molar-refractivity contribution in [3.8, 4) is 0 Å². The number of carbonyl (C=O) groups excluding carboxylic acids is 1. The Morgan fingerprint density at radius 3 is 2.80 bits per heavy atom. The van der Waals surface area contributed by atoms with Crippen LogP contribution >= 0.6 is 0 Å². The Morgan fingerprint density at radius 2 is 2.10 bits per heavy atom. The Hall–Kier alpha value is -2.11. The largest absolute Gasteiger partial charge is 0.372 e. The zero-order valence-corrected chi connectivity index (χ0v) is 11.7. The van der Waals surface area contributed by atoms with Gasteiger partial charge in [0.05, 0.1) is 6.20 Å². The Balaban J connectivity index is 0.000000452. The monoisotopic (exact) mass is 275 g/mol. The highest BCUT2D eigenvalue weighted by molar-refractivity contribution is 5.76. The Bertz CT molecular complexity index is 560. The Morgan fingerprint density at radius 1 is 1.40 bits per heavy atom. The molecule has 20 heavy (non-hydrogen) atoms. The lowest BCUT2D eigenvalue weighted by atomic mass is 9.96. The van der Waals surface area contributed by atoms with Gasteiger partial charge in [0.25, 0.3) is 0 Å². The van der Waals surface area contributed by atoms with Crippen molar-refractivity contribution < 1.29 is 4.79 Å². The van der Waals surface area contributed by atoms with Crippen molar-refractivity contribution in [3.05, 3.63) is 18.0 Å². The van der Waals surface area contributed by atoms with E-state index in [4.69, 9.17) is 4.79 Å². The third-order valence-corrected chi connectivity index (χ3v) is 3.53. The summed E-state index contributed by atoms with van der Waals surface area (Å²) in [4.78, 5) is 20.7. The number of amides is 1. The fourth-order valence-corrected chi connectivity index (χ4v) is 2.54. The molecule has 2 aromatic rings. The molecule has 6 heteroatoms. The SMILES string of the molecule is Cc1c[nH]c2ncc(NC3CCCCC3)nc12.NC=O. The summed E-state index contributed by atoms with van der Waals surface area (Å²) in [6.45, 7) is 2.05. The lowest BCUT2D eigenvalue weighted by Crippen LogP contribution is -2.22. The van der Waals surface area contributed by atoms with Gasteiger partial charge in [-0.3, -0.25) is 4.79 Å². The van der Waals surface area contributed by atoms with E-state index in [9.17, 15) is 0 Å². The third kappa shape index (κ3) is 3.46. The molecule has 0 radical (unpaired) electrons. The minimum atomic E-state index is 0.250. The van der Waals surface area contributed by atoms with E-state index in [-0.39, 0.29) is 6.41 Å². The maximum Gasteiger partial charge on any atom is 0.204 e. The van der Waals surface area contributed by atoms with Crippen molar-refractivity contribution in [2.75, 3.05) is 5.32 Å². The number of anilines is 1. The number of aromatic amines is 1. The molecule has 4 N–H and O–H groups in total. The second kappa shape index (κ2) is 6.88. The van der Waals surface area contributed by atoms with Crippen molar-refractivity contribution in [1.82, 2.24) is 15.0 Å². The molecular formula is C14H21N5O. The first kappa shape index (κ1) is 14.3. The van der Waals surface area contributed by atoms with Gasteiger partial charge in [-0.05, 0) is 25.3 Å². The predicted molar refractivity (Wildman–Crippen MR) is 79.4 cm³/mol. The van der Waals surface area contributed by atoms with Crippen LogP contribution in [0.1, 0.15) is 37.7 Å². The van der Waals surface area contributed by atoms with Gasteiger partial charge < -0.3 is 16.0 Å². The standard InChI is InChI=1S/C13H18N4.CH3NO/c1-9-7-14-13-12(9)17-11(8-15-13)16-10-5-3-2-4-6-10;2-1-3/h7-8,10H,2-6H2,1H3,(H,14,15)(H,16,17);1H,(H2,2,3). The second-order valence-corrected chi connectivity index (χ2v) is 5.04. The summed E-state index contributed by atoms with van der Waals surface area (Å²) in [6, 6.07) is 0.578. The molecule has 2 heterocycles. The quantitative estimate of drug-likeness (QED) is 0.731. The Kier molecular flexibility index (Phi) is 4.92. The first-order valence-electron chi connectivity index (χ1n) is 6.97. The van der Waals surface area contributed by atoms with Gasteiger partial charge >= 0.3 is 0 Å². The van der Waals surface area contributed by atoms with Crippen LogP contribution < -0.4 is 11.1 Å². The molecule has 1 amide bonds. The van der Waals surface area contributed by atoms with Crippen molar-refractivity contribution in [2.24, 2.45) is 5.73 Å². The minimum Gasteiger partial charge on any atom is -0.372 e. The highest BCUT2D eigenvalue weighted by Crippen LogP contribution is 2.21. The first-order chi connectivity index (χ1) is 9.74. The summed E-state index contributed by atoms with van der Waals surface area (Å²) >= 11 is 0. The molecule has 3 rings (SSSR count). The lowest BCUT2D eigenvalue weighted by Gasteiger charge is -2.23. The molecule has 1 fully saturated rings. The van der Waals surface area contributed by atoms with E-state index in [2.05, 4.69) is 32.9 Å². The molecule has 0 spiro atoms. The predicted octanol–water partition coefficient (Wildman–Crippen LogP) is 2.11. The van der Waals surface area contributed by atoms with E-state index in [1.165, 1.54) is 32.1 Å². The number of primary amides is 1. The van der Waals surface area contributed by atoms with Crippen LogP contribution in [-0.4, -0.2) is 27.4 Å². The van der Waals surface area contributed by atoms with Crippen molar-refractivity contribution in [3.63, 3.8) is 0 Å². The molecule has 0 aliphatic heterocycles. The number of nitrogens with two attached hydrogens (primary N) is 1. The zero-order chi connectivity index (χ0) is 14.4. The fraction of sp³-hybridized carbons (Fsp3) is 0.500. The van der Waals surface area contributed by atoms with E-state index >= 15 is 0 Å². The van der Waals surface area contributed by atoms with E-state index in [0.717, 1.165) is 22.5 Å². The molecule has 0 unspecified atom stereocenters. The molecule has 0 atom stereocenters. The molecular weight excluding hydrogens is 254 g/mol. The number of nitrogens with zero attached hydrogens (tertiary/aromatic N) is 2. The molecule has 0 saturated heterocycles. The maximum atomic E-state index is 8.58. The third-order valence-electron chi connectivity index (χ3n) is 3.53. The minimum absolute atomic E-state index is 0.250. The normalized spacial score (nSPS) is 15.4. The highest BCUT2D eigenvalue weighted by atomic mass is 16.1. The number of H-pyrrole nitrogens is 1. The number of nitrogens with one attached hydrogen (secondary N) is 2. The molecule has 2 aromatic heterocycles. The van der Waals surface area contributed by atoms with Crippen molar-refractivity contribution in [1.29, 1.82) is 0 Å². The molecule has 0 bridgehead atoms. The summed E-state index contributed by atoms with van der Waals surface area (Å²) < 4.78 is 0. The highest BCUT2D eigenvalue weighted by Gasteiger charge is 2.14. The van der Waals surface area contributed by atoms with Crippen LogP contribution in [0.15, 0.2) is 12.4 Å². The average molecular weight is 275 g/mol. The zero-order valence-electron chi connectivity index (χ0n) is 11.7. The van der Waals surface area contributed by atoms with E-state index in [1.54, 1.807) is 0 Å². The van der Waals surface area contributed by atoms with Gasteiger partial charge in [-0.2, -0.15) is 0 Å². The van der Waals surface area contributed by atoms with Crippen LogP contribution in [0.2, 0.25) is 0 Å². The van der Waals surface area contributed by atoms with Gasteiger partial charge in [0, 0.05) is 12.2 Å². The van der Waals surface area contributed by atoms with E-state index < -0.39 is 0 Å². The van der Waals surface area contributed by atoms with Crippen LogP contribution in [0, 0.1) is 6.92 Å². The summed E-state index contributed by atoms with van der Waals surface area (Å²) in [5, 5.41) is 3.50. The summed E-state index contributed by atoms with van der Waals surface area (Å²) in [5.74, 6) is 0.909. The maximum absolute atomic E-state index is 8.58. The summed E-state index contributed by atoms with van der Waals surface area (Å²) in [6.07, 6.45) is 10.6. The average Bonchev–Trinajstić information content (AvgIpc) is 2.82.